The molecule has 0 amide bonds. The van der Waals surface area contributed by atoms with E-state index in [1.165, 1.54) is 37.3 Å². The average molecular weight is 385 g/mol. The van der Waals surface area contributed by atoms with Crippen molar-refractivity contribution in [1.29, 1.82) is 0 Å². The highest BCUT2D eigenvalue weighted by molar-refractivity contribution is 6.05. The minimum Gasteiger partial charge on any atom is -0.478 e. The van der Waals surface area contributed by atoms with Gasteiger partial charge in [-0.1, -0.05) is 32.9 Å². The molecule has 0 fully saturated rings. The number of carbonyl (C=O) groups excluding carboxylic acids is 2. The molecular weight excluding hydrogens is 362 g/mol. The third-order valence-electron chi connectivity index (χ3n) is 4.20. The second-order valence-corrected chi connectivity index (χ2v) is 7.10. The summed E-state index contributed by atoms with van der Waals surface area (Å²) in [6.07, 6.45) is 6.26. The van der Waals surface area contributed by atoms with Gasteiger partial charge in [-0.3, -0.25) is 0 Å². The van der Waals surface area contributed by atoms with Crippen molar-refractivity contribution in [3.8, 4) is 0 Å². The lowest BCUT2D eigenvalue weighted by Crippen LogP contribution is -2.29. The number of anilines is 1. The zero-order valence-electron chi connectivity index (χ0n) is 16.5. The van der Waals surface area contributed by atoms with Crippen molar-refractivity contribution in [3.63, 3.8) is 0 Å². The third-order valence-corrected chi connectivity index (χ3v) is 4.20. The van der Waals surface area contributed by atoms with Crippen LogP contribution in [0.15, 0.2) is 53.9 Å². The number of carbonyl (C=O) groups is 3. The molecule has 2 rings (SSSR count). The van der Waals surface area contributed by atoms with Gasteiger partial charge < -0.3 is 19.5 Å². The molecule has 0 aromatic heterocycles. The summed E-state index contributed by atoms with van der Waals surface area (Å²) >= 11 is 0. The van der Waals surface area contributed by atoms with Crippen LogP contribution in [0, 0.1) is 0 Å². The number of rotatable bonds is 4. The number of hydrogen-bond donors (Lipinski definition) is 1. The predicted octanol–water partition coefficient (Wildman–Crippen LogP) is 3.17. The molecule has 1 N–H and O–H groups in total. The monoisotopic (exact) mass is 385 g/mol. The lowest BCUT2D eigenvalue weighted by Gasteiger charge is -2.30. The highest BCUT2D eigenvalue weighted by Gasteiger charge is 2.31. The molecule has 0 saturated heterocycles. The Morgan fingerprint density at radius 2 is 1.64 bits per heavy atom. The zero-order valence-corrected chi connectivity index (χ0v) is 16.5. The van der Waals surface area contributed by atoms with Gasteiger partial charge in [-0.25, -0.2) is 14.4 Å². The number of allylic oxidation sites excluding steroid dienone is 2. The van der Waals surface area contributed by atoms with E-state index in [2.05, 4.69) is 0 Å². The number of nitrogens with zero attached hydrogens (tertiary/aromatic N) is 1. The van der Waals surface area contributed by atoms with Crippen LogP contribution in [-0.2, 0) is 24.5 Å². The Bertz CT molecular complexity index is 902. The standard InChI is InChI=1S/C21H23NO6/c1-21(2,3)15-10-9-13(18(23)24)12-16(15)22-11-7-6-8-14(19(25)27-4)17(22)20(26)28-5/h6-12H,1-5H3,(H,23,24). The number of carboxylic acids is 1. The molecule has 7 nitrogen and oxygen atoms in total. The largest absolute Gasteiger partial charge is 0.478 e. The van der Waals surface area contributed by atoms with Gasteiger partial charge in [-0.05, 0) is 35.3 Å². The summed E-state index contributed by atoms with van der Waals surface area (Å²) < 4.78 is 9.70. The number of aromatic carboxylic acids is 1. The normalized spacial score (nSPS) is 14.0. The van der Waals surface area contributed by atoms with Gasteiger partial charge in [0.1, 0.15) is 5.70 Å². The van der Waals surface area contributed by atoms with Crippen LogP contribution in [0.5, 0.6) is 0 Å². The maximum Gasteiger partial charge on any atom is 0.355 e. The molecule has 28 heavy (non-hydrogen) atoms. The number of hydrogen-bond acceptors (Lipinski definition) is 6. The van der Waals surface area contributed by atoms with E-state index < -0.39 is 17.9 Å². The Morgan fingerprint density at radius 1 is 1.00 bits per heavy atom. The lowest BCUT2D eigenvalue weighted by atomic mass is 9.84. The summed E-state index contributed by atoms with van der Waals surface area (Å²) in [4.78, 5) is 37.9. The molecule has 0 atom stereocenters. The van der Waals surface area contributed by atoms with Crippen molar-refractivity contribution >= 4 is 23.6 Å². The second kappa shape index (κ2) is 8.12. The zero-order chi connectivity index (χ0) is 21.1. The Kier molecular flexibility index (Phi) is 6.08. The van der Waals surface area contributed by atoms with Crippen molar-refractivity contribution in [3.05, 3.63) is 65.0 Å². The van der Waals surface area contributed by atoms with Gasteiger partial charge in [0.15, 0.2) is 0 Å². The van der Waals surface area contributed by atoms with Crippen molar-refractivity contribution < 1.29 is 29.0 Å². The Balaban J connectivity index is 2.86. The van der Waals surface area contributed by atoms with E-state index in [9.17, 15) is 19.5 Å². The summed E-state index contributed by atoms with van der Waals surface area (Å²) in [5.41, 5.74) is 0.862. The van der Waals surface area contributed by atoms with Crippen LogP contribution in [0.25, 0.3) is 0 Å². The van der Waals surface area contributed by atoms with E-state index >= 15 is 0 Å². The molecule has 0 aliphatic carbocycles. The summed E-state index contributed by atoms with van der Waals surface area (Å²) in [5, 5.41) is 9.43. The van der Waals surface area contributed by atoms with Crippen LogP contribution in [-0.4, -0.2) is 37.2 Å². The van der Waals surface area contributed by atoms with Gasteiger partial charge in [0.25, 0.3) is 0 Å². The van der Waals surface area contributed by atoms with Crippen LogP contribution in [0.3, 0.4) is 0 Å². The maximum atomic E-state index is 12.6. The lowest BCUT2D eigenvalue weighted by molar-refractivity contribution is -0.139. The molecule has 1 aromatic carbocycles. The van der Waals surface area contributed by atoms with Crippen LogP contribution in [0.1, 0.15) is 36.7 Å². The summed E-state index contributed by atoms with van der Waals surface area (Å²) in [7, 11) is 2.42. The van der Waals surface area contributed by atoms with E-state index in [1.54, 1.807) is 24.4 Å². The summed E-state index contributed by atoms with van der Waals surface area (Å²) in [6.45, 7) is 5.90. The maximum absolute atomic E-state index is 12.6. The fourth-order valence-electron chi connectivity index (χ4n) is 2.85. The molecule has 0 saturated carbocycles. The van der Waals surface area contributed by atoms with Crippen molar-refractivity contribution in [2.24, 2.45) is 0 Å². The van der Waals surface area contributed by atoms with E-state index in [4.69, 9.17) is 9.47 Å². The van der Waals surface area contributed by atoms with Crippen molar-refractivity contribution in [2.45, 2.75) is 26.2 Å². The molecule has 1 aliphatic rings. The second-order valence-electron chi connectivity index (χ2n) is 7.10. The highest BCUT2D eigenvalue weighted by Crippen LogP contribution is 2.36. The van der Waals surface area contributed by atoms with E-state index in [0.29, 0.717) is 5.69 Å². The molecule has 1 aromatic rings. The number of methoxy groups -OCH3 is 2. The molecule has 0 radical (unpaired) electrons. The van der Waals surface area contributed by atoms with E-state index in [-0.39, 0.29) is 22.2 Å². The Hall–Kier alpha value is -3.35. The first-order valence-electron chi connectivity index (χ1n) is 8.54. The highest BCUT2D eigenvalue weighted by atomic mass is 16.5. The molecule has 0 bridgehead atoms. The Morgan fingerprint density at radius 3 is 2.18 bits per heavy atom. The van der Waals surface area contributed by atoms with Crippen molar-refractivity contribution in [1.82, 2.24) is 0 Å². The van der Waals surface area contributed by atoms with Gasteiger partial charge in [0.2, 0.25) is 0 Å². The number of carboxylic acid groups (broad SMARTS) is 1. The van der Waals surface area contributed by atoms with Crippen LogP contribution < -0.4 is 4.90 Å². The molecule has 1 heterocycles. The topological polar surface area (TPSA) is 93.1 Å². The minimum absolute atomic E-state index is 0.0000581. The fourth-order valence-corrected chi connectivity index (χ4v) is 2.85. The van der Waals surface area contributed by atoms with Gasteiger partial charge in [-0.2, -0.15) is 0 Å². The minimum atomic E-state index is -1.10. The summed E-state index contributed by atoms with van der Waals surface area (Å²) in [6, 6.07) is 4.68. The third kappa shape index (κ3) is 4.14. The molecule has 0 spiro atoms. The van der Waals surface area contributed by atoms with Crippen molar-refractivity contribution in [2.75, 3.05) is 19.1 Å². The first kappa shape index (κ1) is 21.0. The quantitative estimate of drug-likeness (QED) is 0.796. The van der Waals surface area contributed by atoms with Gasteiger partial charge in [0, 0.05) is 6.20 Å². The molecular formula is C21H23NO6. The first-order valence-corrected chi connectivity index (χ1v) is 8.54. The van der Waals surface area contributed by atoms with Gasteiger partial charge >= 0.3 is 17.9 Å². The molecule has 148 valence electrons. The van der Waals surface area contributed by atoms with Crippen LogP contribution in [0.2, 0.25) is 0 Å². The summed E-state index contributed by atoms with van der Waals surface area (Å²) in [5.74, 6) is -2.57. The Labute approximate surface area is 163 Å². The average Bonchev–Trinajstić information content (AvgIpc) is 2.88. The van der Waals surface area contributed by atoms with Crippen LogP contribution >= 0.6 is 0 Å². The van der Waals surface area contributed by atoms with Gasteiger partial charge in [0.05, 0.1) is 31.0 Å². The number of ether oxygens (including phenoxy) is 2. The molecule has 1 aliphatic heterocycles. The fraction of sp³-hybridized carbons (Fsp3) is 0.286. The van der Waals surface area contributed by atoms with E-state index in [1.807, 2.05) is 20.8 Å². The molecule has 7 heteroatoms. The predicted molar refractivity (Wildman–Crippen MR) is 104 cm³/mol. The first-order chi connectivity index (χ1) is 13.1. The van der Waals surface area contributed by atoms with Gasteiger partial charge in [-0.15, -0.1) is 0 Å². The van der Waals surface area contributed by atoms with Crippen LogP contribution in [0.4, 0.5) is 5.69 Å². The molecule has 0 unspecified atom stereocenters. The number of esters is 2. The SMILES string of the molecule is COC(=O)C1=C(C(=O)OC)N(c2cc(C(=O)O)ccc2C(C)(C)C)C=CC=C1. The van der Waals surface area contributed by atoms with E-state index in [0.717, 1.165) is 5.56 Å². The number of benzene rings is 1. The smallest absolute Gasteiger partial charge is 0.355 e.